The molecule has 0 radical (unpaired) electrons. The first kappa shape index (κ1) is 19.2. The third-order valence-corrected chi connectivity index (χ3v) is 2.82. The van der Waals surface area contributed by atoms with Crippen LogP contribution in [0.1, 0.15) is 0 Å². The highest BCUT2D eigenvalue weighted by molar-refractivity contribution is 5.22. The minimum absolute atomic E-state index is 0.0133. The van der Waals surface area contributed by atoms with E-state index in [0.29, 0.717) is 19.6 Å². The van der Waals surface area contributed by atoms with Crippen molar-refractivity contribution in [2.75, 3.05) is 5.12 Å². The normalized spacial score (nSPS) is 11.3. The zero-order valence-electron chi connectivity index (χ0n) is 15.1. The maximum atomic E-state index is 4.09. The Balaban J connectivity index is 1.82. The Kier molecular flexibility index (Phi) is 6.22. The monoisotopic (exact) mass is 397 g/mol. The Hall–Kier alpha value is -4.57. The fourth-order valence-corrected chi connectivity index (χ4v) is 1.71. The summed E-state index contributed by atoms with van der Waals surface area (Å²) in [5.74, 6) is -0.0440. The summed E-state index contributed by atoms with van der Waals surface area (Å²) in [6, 6.07) is 0. The van der Waals surface area contributed by atoms with Gasteiger partial charge in [0, 0.05) is 0 Å². The van der Waals surface area contributed by atoms with Gasteiger partial charge >= 0.3 is 17.8 Å². The zero-order chi connectivity index (χ0) is 20.5. The van der Waals surface area contributed by atoms with Crippen molar-refractivity contribution in [1.29, 1.82) is 0 Å². The molecular formula is C12H15N17. The molecule has 3 rings (SSSR count). The molecule has 0 saturated heterocycles. The van der Waals surface area contributed by atoms with E-state index < -0.39 is 0 Å². The van der Waals surface area contributed by atoms with Crippen molar-refractivity contribution in [3.05, 3.63) is 38.0 Å². The molecule has 0 spiro atoms. The van der Waals surface area contributed by atoms with Crippen LogP contribution in [-0.4, -0.2) is 60.6 Å². The van der Waals surface area contributed by atoms with Gasteiger partial charge in [-0.2, -0.15) is 14.4 Å². The molecule has 3 heterocycles. The summed E-state index contributed by atoms with van der Waals surface area (Å²) >= 11 is 0. The van der Waals surface area contributed by atoms with Crippen molar-refractivity contribution in [2.45, 2.75) is 19.6 Å². The molecule has 0 amide bonds. The average molecular weight is 397 g/mol. The van der Waals surface area contributed by atoms with Crippen molar-refractivity contribution in [1.82, 2.24) is 60.6 Å². The van der Waals surface area contributed by atoms with Gasteiger partial charge in [-0.05, 0) is 26.1 Å². The van der Waals surface area contributed by atoms with Crippen LogP contribution in [0.5, 0.6) is 0 Å². The number of hydrogen-bond donors (Lipinski definition) is 0. The van der Waals surface area contributed by atoms with Crippen LogP contribution in [0.3, 0.4) is 0 Å². The summed E-state index contributed by atoms with van der Waals surface area (Å²) < 4.78 is 0. The Morgan fingerprint density at radius 2 is 1.14 bits per heavy atom. The molecule has 0 aliphatic rings. The third kappa shape index (κ3) is 5.21. The molecule has 0 fully saturated rings. The number of hydrogen-bond acceptors (Lipinski definition) is 13. The third-order valence-electron chi connectivity index (χ3n) is 2.82. The summed E-state index contributed by atoms with van der Waals surface area (Å²) in [6.45, 7) is 11.9. The number of anilines is 1. The van der Waals surface area contributed by atoms with Crippen LogP contribution < -0.4 is 5.12 Å². The standard InChI is InChI=1S/C12H15N17/c1-4-7-26-18-10(13-21-26)15-24-29(12-17-23-28(20-12)9-6-3)25-16-11-14-22-27(19-11)8-5-2/h4-6H,1-3,7-9H2/b24-15+,25-16+. The first-order chi connectivity index (χ1) is 14.2. The molecule has 29 heavy (non-hydrogen) atoms. The second kappa shape index (κ2) is 9.39. The van der Waals surface area contributed by atoms with Gasteiger partial charge in [0.15, 0.2) is 0 Å². The van der Waals surface area contributed by atoms with Gasteiger partial charge in [0.1, 0.15) is 0 Å². The van der Waals surface area contributed by atoms with Gasteiger partial charge in [-0.3, -0.25) is 0 Å². The molecule has 148 valence electrons. The minimum atomic E-state index is -0.0173. The highest BCUT2D eigenvalue weighted by atomic mass is 15.8. The lowest BCUT2D eigenvalue weighted by Gasteiger charge is -2.01. The summed E-state index contributed by atoms with van der Waals surface area (Å²) in [4.78, 5) is 3.85. The number of tetrazole rings is 3. The van der Waals surface area contributed by atoms with Crippen LogP contribution in [0.25, 0.3) is 0 Å². The Bertz CT molecular complexity index is 963. The van der Waals surface area contributed by atoms with Crippen LogP contribution in [0.4, 0.5) is 17.8 Å². The minimum Gasteiger partial charge on any atom is -0.158 e. The molecule has 0 unspecified atom stereocenters. The zero-order valence-corrected chi connectivity index (χ0v) is 15.1. The van der Waals surface area contributed by atoms with Gasteiger partial charge in [0.2, 0.25) is 0 Å². The lowest BCUT2D eigenvalue weighted by molar-refractivity contribution is 0.581. The first-order valence-corrected chi connectivity index (χ1v) is 8.01. The smallest absolute Gasteiger partial charge is 0.158 e. The molecule has 17 heteroatoms. The van der Waals surface area contributed by atoms with Gasteiger partial charge in [0.05, 0.1) is 19.6 Å². The predicted molar refractivity (Wildman–Crippen MR) is 95.6 cm³/mol. The SMILES string of the molecule is C=CCn1nnc(/N=N/N(/N=N/c2nnn(CC=C)n2)c2nnn(CC=C)n2)n1. The van der Waals surface area contributed by atoms with E-state index in [1.165, 1.54) is 14.4 Å². The van der Waals surface area contributed by atoms with Gasteiger partial charge in [-0.1, -0.05) is 48.9 Å². The van der Waals surface area contributed by atoms with E-state index in [0.717, 1.165) is 5.12 Å². The van der Waals surface area contributed by atoms with Crippen molar-refractivity contribution < 1.29 is 0 Å². The van der Waals surface area contributed by atoms with E-state index in [2.05, 4.69) is 86.6 Å². The summed E-state index contributed by atoms with van der Waals surface area (Å²) in [5.41, 5.74) is 0. The predicted octanol–water partition coefficient (Wildman–Crippen LogP) is 0.408. The second-order valence-corrected chi connectivity index (χ2v) is 4.97. The van der Waals surface area contributed by atoms with Gasteiger partial charge in [-0.15, -0.1) is 35.0 Å². The first-order valence-electron chi connectivity index (χ1n) is 8.01. The number of rotatable bonds is 11. The molecule has 0 aromatic carbocycles. The quantitative estimate of drug-likeness (QED) is 0.249. The molecule has 3 aromatic rings. The van der Waals surface area contributed by atoms with E-state index >= 15 is 0 Å². The summed E-state index contributed by atoms with van der Waals surface area (Å²) in [7, 11) is 0. The molecule has 0 bridgehead atoms. The molecular weight excluding hydrogens is 382 g/mol. The summed E-state index contributed by atoms with van der Waals surface area (Å²) in [6.07, 6.45) is 4.82. The second-order valence-electron chi connectivity index (χ2n) is 4.97. The van der Waals surface area contributed by atoms with E-state index in [1.54, 1.807) is 18.2 Å². The molecule has 0 saturated carbocycles. The van der Waals surface area contributed by atoms with Crippen LogP contribution in [-0.2, 0) is 19.6 Å². The molecule has 17 nitrogen and oxygen atoms in total. The fraction of sp³-hybridized carbons (Fsp3) is 0.250. The highest BCUT2D eigenvalue weighted by Gasteiger charge is 2.13. The van der Waals surface area contributed by atoms with E-state index in [1.807, 2.05) is 0 Å². The Morgan fingerprint density at radius 1 is 0.690 bits per heavy atom. The molecule has 0 atom stereocenters. The fourth-order valence-electron chi connectivity index (χ4n) is 1.71. The van der Waals surface area contributed by atoms with Gasteiger partial charge < -0.3 is 0 Å². The maximum absolute atomic E-state index is 4.09. The highest BCUT2D eigenvalue weighted by Crippen LogP contribution is 2.12. The van der Waals surface area contributed by atoms with Crippen molar-refractivity contribution in [3.8, 4) is 0 Å². The lowest BCUT2D eigenvalue weighted by atomic mass is 10.7. The van der Waals surface area contributed by atoms with Crippen LogP contribution in [0, 0.1) is 0 Å². The Morgan fingerprint density at radius 3 is 1.62 bits per heavy atom. The average Bonchev–Trinajstić information content (AvgIpc) is 3.45. The number of aromatic nitrogens is 12. The van der Waals surface area contributed by atoms with E-state index in [-0.39, 0.29) is 17.8 Å². The van der Waals surface area contributed by atoms with E-state index in [9.17, 15) is 0 Å². The van der Waals surface area contributed by atoms with Crippen molar-refractivity contribution in [2.24, 2.45) is 20.7 Å². The van der Waals surface area contributed by atoms with Crippen LogP contribution in [0.2, 0.25) is 0 Å². The van der Waals surface area contributed by atoms with Crippen LogP contribution >= 0.6 is 0 Å². The maximum Gasteiger partial charge on any atom is 0.311 e. The summed E-state index contributed by atoms with van der Waals surface area (Å²) in [5, 5.41) is 51.0. The molecule has 3 aromatic heterocycles. The van der Waals surface area contributed by atoms with Crippen molar-refractivity contribution >= 4 is 17.8 Å². The lowest BCUT2D eigenvalue weighted by Crippen LogP contribution is -2.09. The molecule has 0 aliphatic carbocycles. The largest absolute Gasteiger partial charge is 0.311 e. The molecule has 0 N–H and O–H groups in total. The number of nitrogens with zero attached hydrogens (tertiary/aromatic N) is 17. The van der Waals surface area contributed by atoms with E-state index in [4.69, 9.17) is 0 Å². The topological polar surface area (TPSA) is 183 Å². The Labute approximate surface area is 162 Å². The van der Waals surface area contributed by atoms with Gasteiger partial charge in [-0.25, -0.2) is 0 Å². The van der Waals surface area contributed by atoms with Crippen molar-refractivity contribution in [3.63, 3.8) is 0 Å². The number of allylic oxidation sites excluding steroid dienone is 3. The van der Waals surface area contributed by atoms with Crippen LogP contribution in [0.15, 0.2) is 58.6 Å². The van der Waals surface area contributed by atoms with Gasteiger partial charge in [0.25, 0.3) is 0 Å². The molecule has 0 aliphatic heterocycles.